The first kappa shape index (κ1) is 14.3. The highest BCUT2D eigenvalue weighted by atomic mass is 35.5. The van der Waals surface area contributed by atoms with Gasteiger partial charge in [0.05, 0.1) is 0 Å². The Morgan fingerprint density at radius 3 is 2.59 bits per heavy atom. The minimum atomic E-state index is 0. The zero-order chi connectivity index (χ0) is 11.5. The Hall–Kier alpha value is -0.770. The molecule has 1 saturated heterocycles. The molecule has 0 radical (unpaired) electrons. The maximum absolute atomic E-state index is 12.1. The van der Waals surface area contributed by atoms with E-state index in [0.717, 1.165) is 19.5 Å². The summed E-state index contributed by atoms with van der Waals surface area (Å²) in [5, 5.41) is 3.91. The quantitative estimate of drug-likeness (QED) is 0.897. The van der Waals surface area contributed by atoms with Crippen molar-refractivity contribution in [2.45, 2.75) is 12.5 Å². The molecular weight excluding hydrogens is 259 g/mol. The van der Waals surface area contributed by atoms with Gasteiger partial charge in [-0.25, -0.2) is 0 Å². The lowest BCUT2D eigenvalue weighted by Gasteiger charge is -2.23. The Labute approximate surface area is 113 Å². The van der Waals surface area contributed by atoms with E-state index < -0.39 is 0 Å². The lowest BCUT2D eigenvalue weighted by Crippen LogP contribution is -2.38. The average molecular weight is 275 g/mol. The van der Waals surface area contributed by atoms with Crippen LogP contribution in [0.1, 0.15) is 16.8 Å². The van der Waals surface area contributed by atoms with E-state index in [1.54, 1.807) is 24.3 Å². The SMILES string of the molecule is CN(C(=O)c1ccc(Cl)cc1)C1CCNC1.Cl. The Kier molecular flexibility index (Phi) is 5.25. The van der Waals surface area contributed by atoms with Crippen LogP contribution in [-0.4, -0.2) is 37.0 Å². The number of carbonyl (C=O) groups is 1. The molecular formula is C12H16Cl2N2O. The van der Waals surface area contributed by atoms with Crippen LogP contribution >= 0.6 is 24.0 Å². The van der Waals surface area contributed by atoms with Crippen LogP contribution in [0.15, 0.2) is 24.3 Å². The number of likely N-dealkylation sites (N-methyl/N-ethyl adjacent to an activating group) is 1. The Morgan fingerprint density at radius 2 is 2.06 bits per heavy atom. The van der Waals surface area contributed by atoms with Crippen LogP contribution in [0, 0.1) is 0 Å². The molecule has 94 valence electrons. The van der Waals surface area contributed by atoms with E-state index in [4.69, 9.17) is 11.6 Å². The predicted octanol–water partition coefficient (Wildman–Crippen LogP) is 2.20. The maximum atomic E-state index is 12.1. The number of hydrogen-bond acceptors (Lipinski definition) is 2. The van der Waals surface area contributed by atoms with E-state index in [1.807, 2.05) is 11.9 Å². The zero-order valence-corrected chi connectivity index (χ0v) is 11.2. The summed E-state index contributed by atoms with van der Waals surface area (Å²) in [6.07, 6.45) is 1.02. The summed E-state index contributed by atoms with van der Waals surface area (Å²) in [6.45, 7) is 1.87. The summed E-state index contributed by atoms with van der Waals surface area (Å²) < 4.78 is 0. The van der Waals surface area contributed by atoms with E-state index in [-0.39, 0.29) is 18.3 Å². The number of halogens is 2. The molecule has 1 N–H and O–H groups in total. The van der Waals surface area contributed by atoms with Crippen LogP contribution in [0.5, 0.6) is 0 Å². The summed E-state index contributed by atoms with van der Waals surface area (Å²) in [7, 11) is 1.86. The molecule has 1 aliphatic rings. The summed E-state index contributed by atoms with van der Waals surface area (Å²) in [6, 6.07) is 7.33. The van der Waals surface area contributed by atoms with Gasteiger partial charge in [-0.15, -0.1) is 12.4 Å². The van der Waals surface area contributed by atoms with Crippen LogP contribution in [-0.2, 0) is 0 Å². The van der Waals surface area contributed by atoms with Gasteiger partial charge in [0.2, 0.25) is 0 Å². The van der Waals surface area contributed by atoms with Gasteiger partial charge in [-0.1, -0.05) is 11.6 Å². The number of nitrogens with zero attached hydrogens (tertiary/aromatic N) is 1. The van der Waals surface area contributed by atoms with Gasteiger partial charge in [0.25, 0.3) is 5.91 Å². The molecule has 1 fully saturated rings. The first-order valence-electron chi connectivity index (χ1n) is 5.42. The highest BCUT2D eigenvalue weighted by molar-refractivity contribution is 6.30. The molecule has 0 aliphatic carbocycles. The molecule has 1 heterocycles. The number of nitrogens with one attached hydrogen (secondary N) is 1. The van der Waals surface area contributed by atoms with Gasteiger partial charge in [0, 0.05) is 30.2 Å². The van der Waals surface area contributed by atoms with Crippen molar-refractivity contribution in [2.75, 3.05) is 20.1 Å². The predicted molar refractivity (Wildman–Crippen MR) is 72.1 cm³/mol. The molecule has 1 unspecified atom stereocenters. The van der Waals surface area contributed by atoms with Gasteiger partial charge in [0.15, 0.2) is 0 Å². The van der Waals surface area contributed by atoms with Gasteiger partial charge < -0.3 is 10.2 Å². The Bertz CT molecular complexity index is 375. The fraction of sp³-hybridized carbons (Fsp3) is 0.417. The average Bonchev–Trinajstić information content (AvgIpc) is 2.81. The first-order chi connectivity index (χ1) is 7.68. The van der Waals surface area contributed by atoms with E-state index in [2.05, 4.69) is 5.32 Å². The van der Waals surface area contributed by atoms with E-state index in [1.165, 1.54) is 0 Å². The van der Waals surface area contributed by atoms with Gasteiger partial charge in [0.1, 0.15) is 0 Å². The lowest BCUT2D eigenvalue weighted by molar-refractivity contribution is 0.0744. The largest absolute Gasteiger partial charge is 0.337 e. The molecule has 1 atom stereocenters. The van der Waals surface area contributed by atoms with Gasteiger partial charge in [-0.3, -0.25) is 4.79 Å². The third-order valence-electron chi connectivity index (χ3n) is 2.99. The molecule has 0 bridgehead atoms. The van der Waals surface area contributed by atoms with Crippen molar-refractivity contribution in [3.8, 4) is 0 Å². The van der Waals surface area contributed by atoms with Crippen molar-refractivity contribution in [2.24, 2.45) is 0 Å². The number of rotatable bonds is 2. The van der Waals surface area contributed by atoms with E-state index >= 15 is 0 Å². The lowest BCUT2D eigenvalue weighted by atomic mass is 10.1. The minimum Gasteiger partial charge on any atom is -0.337 e. The molecule has 1 amide bonds. The van der Waals surface area contributed by atoms with Crippen LogP contribution in [0.4, 0.5) is 0 Å². The fourth-order valence-corrected chi connectivity index (χ4v) is 2.06. The van der Waals surface area contributed by atoms with Crippen LogP contribution in [0.2, 0.25) is 5.02 Å². The van der Waals surface area contributed by atoms with Crippen molar-refractivity contribution in [3.05, 3.63) is 34.9 Å². The van der Waals surface area contributed by atoms with Crippen molar-refractivity contribution in [1.29, 1.82) is 0 Å². The smallest absolute Gasteiger partial charge is 0.253 e. The molecule has 1 aromatic rings. The molecule has 3 nitrogen and oxygen atoms in total. The van der Waals surface area contributed by atoms with Gasteiger partial charge >= 0.3 is 0 Å². The van der Waals surface area contributed by atoms with Crippen LogP contribution in [0.3, 0.4) is 0 Å². The second-order valence-corrected chi connectivity index (χ2v) is 4.51. The summed E-state index contributed by atoms with van der Waals surface area (Å²) in [5.41, 5.74) is 0.693. The Balaban J connectivity index is 0.00000144. The van der Waals surface area contributed by atoms with Crippen molar-refractivity contribution >= 4 is 29.9 Å². The third-order valence-corrected chi connectivity index (χ3v) is 3.25. The molecule has 2 rings (SSSR count). The molecule has 5 heteroatoms. The first-order valence-corrected chi connectivity index (χ1v) is 5.80. The molecule has 1 aliphatic heterocycles. The Morgan fingerprint density at radius 1 is 1.41 bits per heavy atom. The standard InChI is InChI=1S/C12H15ClN2O.ClH/c1-15(11-6-7-14-8-11)12(16)9-2-4-10(13)5-3-9;/h2-5,11,14H,6-8H2,1H3;1H. The maximum Gasteiger partial charge on any atom is 0.253 e. The summed E-state index contributed by atoms with van der Waals surface area (Å²) in [5.74, 6) is 0.0605. The monoisotopic (exact) mass is 274 g/mol. The highest BCUT2D eigenvalue weighted by Crippen LogP contribution is 2.14. The number of carbonyl (C=O) groups excluding carboxylic acids is 1. The van der Waals surface area contributed by atoms with E-state index in [9.17, 15) is 4.79 Å². The zero-order valence-electron chi connectivity index (χ0n) is 9.65. The molecule has 0 saturated carbocycles. The normalized spacial score (nSPS) is 18.6. The van der Waals surface area contributed by atoms with Crippen LogP contribution in [0.25, 0.3) is 0 Å². The minimum absolute atomic E-state index is 0. The topological polar surface area (TPSA) is 32.3 Å². The molecule has 17 heavy (non-hydrogen) atoms. The molecule has 0 spiro atoms. The summed E-state index contributed by atoms with van der Waals surface area (Å²) in [4.78, 5) is 13.9. The van der Waals surface area contributed by atoms with Crippen LogP contribution < -0.4 is 5.32 Å². The van der Waals surface area contributed by atoms with Gasteiger partial charge in [-0.05, 0) is 37.2 Å². The molecule has 1 aromatic carbocycles. The van der Waals surface area contributed by atoms with Crippen molar-refractivity contribution in [1.82, 2.24) is 10.2 Å². The fourth-order valence-electron chi connectivity index (χ4n) is 1.93. The highest BCUT2D eigenvalue weighted by Gasteiger charge is 2.23. The second-order valence-electron chi connectivity index (χ2n) is 4.07. The van der Waals surface area contributed by atoms with E-state index in [0.29, 0.717) is 16.6 Å². The number of hydrogen-bond donors (Lipinski definition) is 1. The number of benzene rings is 1. The second kappa shape index (κ2) is 6.24. The third kappa shape index (κ3) is 3.35. The molecule has 0 aromatic heterocycles. The van der Waals surface area contributed by atoms with Gasteiger partial charge in [-0.2, -0.15) is 0 Å². The summed E-state index contributed by atoms with van der Waals surface area (Å²) >= 11 is 5.79. The number of amides is 1. The van der Waals surface area contributed by atoms with Crippen molar-refractivity contribution in [3.63, 3.8) is 0 Å². The van der Waals surface area contributed by atoms with Crippen molar-refractivity contribution < 1.29 is 4.79 Å².